The minimum absolute atomic E-state index is 0.203. The maximum Gasteiger partial charge on any atom is 0.303 e. The van der Waals surface area contributed by atoms with Crippen molar-refractivity contribution in [2.75, 3.05) is 0 Å². The van der Waals surface area contributed by atoms with Gasteiger partial charge >= 0.3 is 5.97 Å². The van der Waals surface area contributed by atoms with E-state index in [1.54, 1.807) is 0 Å². The molecule has 0 aliphatic heterocycles. The number of rotatable bonds is 5. The zero-order valence-electron chi connectivity index (χ0n) is 6.34. The van der Waals surface area contributed by atoms with Crippen molar-refractivity contribution in [2.45, 2.75) is 38.6 Å². The summed E-state index contributed by atoms with van der Waals surface area (Å²) < 4.78 is 0. The summed E-state index contributed by atoms with van der Waals surface area (Å²) in [5.74, 6) is -0.718. The lowest BCUT2D eigenvalue weighted by Gasteiger charge is -2.01. The second-order valence-corrected chi connectivity index (χ2v) is 2.62. The molecule has 0 aliphatic rings. The van der Waals surface area contributed by atoms with E-state index in [4.69, 9.17) is 10.8 Å². The van der Waals surface area contributed by atoms with Gasteiger partial charge in [0.1, 0.15) is 0 Å². The summed E-state index contributed by atoms with van der Waals surface area (Å²) in [5.41, 5.74) is 5.46. The van der Waals surface area contributed by atoms with Gasteiger partial charge in [-0.1, -0.05) is 6.42 Å². The number of unbranched alkanes of at least 4 members (excludes halogenated alkanes) is 1. The van der Waals surface area contributed by atoms with Crippen LogP contribution in [0.4, 0.5) is 0 Å². The van der Waals surface area contributed by atoms with E-state index in [0.717, 1.165) is 19.3 Å². The van der Waals surface area contributed by atoms with Crippen molar-refractivity contribution in [1.82, 2.24) is 0 Å². The quantitative estimate of drug-likeness (QED) is 0.567. The van der Waals surface area contributed by atoms with Crippen LogP contribution in [0.1, 0.15) is 32.6 Å². The highest BCUT2D eigenvalue weighted by Gasteiger charge is 1.97. The Morgan fingerprint density at radius 2 is 2.20 bits per heavy atom. The predicted molar refractivity (Wildman–Crippen MR) is 39.8 cm³/mol. The average molecular weight is 145 g/mol. The third-order valence-corrected chi connectivity index (χ3v) is 1.30. The molecule has 3 nitrogen and oxygen atoms in total. The maximum atomic E-state index is 10.0. The summed E-state index contributed by atoms with van der Waals surface area (Å²) in [6, 6.07) is 0.203. The Kier molecular flexibility index (Phi) is 4.94. The molecule has 0 aromatic heterocycles. The number of nitrogens with two attached hydrogens (primary N) is 1. The van der Waals surface area contributed by atoms with Gasteiger partial charge in [0.2, 0.25) is 0 Å². The van der Waals surface area contributed by atoms with Gasteiger partial charge in [0.25, 0.3) is 0 Å². The number of aliphatic carboxylic acids is 1. The van der Waals surface area contributed by atoms with Crippen molar-refractivity contribution < 1.29 is 9.90 Å². The minimum Gasteiger partial charge on any atom is -0.481 e. The Balaban J connectivity index is 2.98. The first-order chi connectivity index (χ1) is 4.63. The molecule has 3 heteroatoms. The standard InChI is InChI=1S/C7H15NO2/c1-6(8)4-2-3-5-7(9)10/h6H,2-5,8H2,1H3,(H,9,10)/t6-/m0/s1. The van der Waals surface area contributed by atoms with Crippen LogP contribution in [0.2, 0.25) is 0 Å². The molecule has 10 heavy (non-hydrogen) atoms. The first kappa shape index (κ1) is 9.43. The summed E-state index contributed by atoms with van der Waals surface area (Å²) in [5, 5.41) is 8.25. The first-order valence-electron chi connectivity index (χ1n) is 3.60. The second-order valence-electron chi connectivity index (χ2n) is 2.62. The number of carboxylic acids is 1. The monoisotopic (exact) mass is 145 g/mol. The smallest absolute Gasteiger partial charge is 0.303 e. The molecule has 0 unspecified atom stereocenters. The van der Waals surface area contributed by atoms with Gasteiger partial charge in [0, 0.05) is 12.5 Å². The van der Waals surface area contributed by atoms with Crippen molar-refractivity contribution in [3.8, 4) is 0 Å². The summed E-state index contributed by atoms with van der Waals surface area (Å²) >= 11 is 0. The van der Waals surface area contributed by atoms with Crippen LogP contribution in [0.25, 0.3) is 0 Å². The predicted octanol–water partition coefficient (Wildman–Crippen LogP) is 0.979. The van der Waals surface area contributed by atoms with Crippen molar-refractivity contribution >= 4 is 5.97 Å². The van der Waals surface area contributed by atoms with Crippen molar-refractivity contribution in [1.29, 1.82) is 0 Å². The van der Waals surface area contributed by atoms with Crippen LogP contribution in [0.3, 0.4) is 0 Å². The lowest BCUT2D eigenvalue weighted by Crippen LogP contribution is -2.14. The SMILES string of the molecule is C[C@H](N)CCCCC(=O)O. The second kappa shape index (κ2) is 5.23. The lowest BCUT2D eigenvalue weighted by atomic mass is 10.1. The lowest BCUT2D eigenvalue weighted by molar-refractivity contribution is -0.137. The Morgan fingerprint density at radius 3 is 2.60 bits per heavy atom. The summed E-state index contributed by atoms with van der Waals surface area (Å²) in [6.07, 6.45) is 2.86. The average Bonchev–Trinajstić information content (AvgIpc) is 1.79. The van der Waals surface area contributed by atoms with Crippen LogP contribution in [-0.4, -0.2) is 17.1 Å². The molecule has 0 saturated carbocycles. The van der Waals surface area contributed by atoms with Crippen LogP contribution in [0.15, 0.2) is 0 Å². The van der Waals surface area contributed by atoms with E-state index in [1.165, 1.54) is 0 Å². The van der Waals surface area contributed by atoms with Gasteiger partial charge in [0.15, 0.2) is 0 Å². The van der Waals surface area contributed by atoms with Crippen molar-refractivity contribution in [2.24, 2.45) is 5.73 Å². The van der Waals surface area contributed by atoms with E-state index in [0.29, 0.717) is 0 Å². The molecule has 0 bridgehead atoms. The Labute approximate surface area is 61.2 Å². The van der Waals surface area contributed by atoms with Gasteiger partial charge in [-0.2, -0.15) is 0 Å². The number of carbonyl (C=O) groups is 1. The molecular formula is C7H15NO2. The van der Waals surface area contributed by atoms with E-state index in [2.05, 4.69) is 0 Å². The van der Waals surface area contributed by atoms with Gasteiger partial charge in [0.05, 0.1) is 0 Å². The van der Waals surface area contributed by atoms with Crippen LogP contribution >= 0.6 is 0 Å². The van der Waals surface area contributed by atoms with Gasteiger partial charge in [-0.25, -0.2) is 0 Å². The highest BCUT2D eigenvalue weighted by atomic mass is 16.4. The van der Waals surface area contributed by atoms with Gasteiger partial charge in [-0.15, -0.1) is 0 Å². The molecule has 3 N–H and O–H groups in total. The first-order valence-corrected chi connectivity index (χ1v) is 3.60. The maximum absolute atomic E-state index is 10.0. The molecular weight excluding hydrogens is 130 g/mol. The fraction of sp³-hybridized carbons (Fsp3) is 0.857. The molecule has 0 radical (unpaired) electrons. The molecule has 0 rings (SSSR count). The van der Waals surface area contributed by atoms with Crippen LogP contribution in [0, 0.1) is 0 Å². The summed E-state index contributed by atoms with van der Waals surface area (Å²) in [4.78, 5) is 10.0. The van der Waals surface area contributed by atoms with E-state index >= 15 is 0 Å². The molecule has 0 aromatic rings. The molecule has 0 fully saturated rings. The molecule has 0 aliphatic carbocycles. The highest BCUT2D eigenvalue weighted by molar-refractivity contribution is 5.66. The normalized spacial score (nSPS) is 13.0. The highest BCUT2D eigenvalue weighted by Crippen LogP contribution is 2.01. The van der Waals surface area contributed by atoms with Gasteiger partial charge < -0.3 is 10.8 Å². The number of hydrogen-bond acceptors (Lipinski definition) is 2. The molecule has 60 valence electrons. The molecule has 0 heterocycles. The third kappa shape index (κ3) is 7.43. The topological polar surface area (TPSA) is 63.3 Å². The van der Waals surface area contributed by atoms with Gasteiger partial charge in [-0.3, -0.25) is 4.79 Å². The summed E-state index contributed by atoms with van der Waals surface area (Å²) in [7, 11) is 0. The molecule has 0 amide bonds. The van der Waals surface area contributed by atoms with Crippen LogP contribution in [-0.2, 0) is 4.79 Å². The van der Waals surface area contributed by atoms with Crippen LogP contribution < -0.4 is 5.73 Å². The van der Waals surface area contributed by atoms with E-state index in [1.807, 2.05) is 6.92 Å². The third-order valence-electron chi connectivity index (χ3n) is 1.30. The Bertz CT molecular complexity index is 102. The van der Waals surface area contributed by atoms with E-state index < -0.39 is 5.97 Å². The largest absolute Gasteiger partial charge is 0.481 e. The fourth-order valence-electron chi connectivity index (χ4n) is 0.743. The van der Waals surface area contributed by atoms with E-state index in [9.17, 15) is 4.79 Å². The molecule has 0 spiro atoms. The zero-order valence-corrected chi connectivity index (χ0v) is 6.34. The Morgan fingerprint density at radius 1 is 1.60 bits per heavy atom. The number of carboxylic acid groups (broad SMARTS) is 1. The fourth-order valence-corrected chi connectivity index (χ4v) is 0.743. The minimum atomic E-state index is -0.718. The van der Waals surface area contributed by atoms with Crippen molar-refractivity contribution in [3.05, 3.63) is 0 Å². The van der Waals surface area contributed by atoms with Crippen LogP contribution in [0.5, 0.6) is 0 Å². The number of hydrogen-bond donors (Lipinski definition) is 2. The molecule has 0 saturated heterocycles. The molecule has 0 aromatic carbocycles. The van der Waals surface area contributed by atoms with E-state index in [-0.39, 0.29) is 12.5 Å². The Hall–Kier alpha value is -0.570. The summed E-state index contributed by atoms with van der Waals surface area (Å²) in [6.45, 7) is 1.93. The zero-order chi connectivity index (χ0) is 7.98. The molecule has 1 atom stereocenters. The van der Waals surface area contributed by atoms with Gasteiger partial charge in [-0.05, 0) is 19.8 Å². The van der Waals surface area contributed by atoms with Crippen molar-refractivity contribution in [3.63, 3.8) is 0 Å².